The smallest absolute Gasteiger partial charge is 0.251 e. The lowest BCUT2D eigenvalue weighted by molar-refractivity contribution is -0.135. The summed E-state index contributed by atoms with van der Waals surface area (Å²) >= 11 is 0. The van der Waals surface area contributed by atoms with Gasteiger partial charge in [-0.2, -0.15) is 0 Å². The lowest BCUT2D eigenvalue weighted by Crippen LogP contribution is -2.54. The molecule has 0 saturated heterocycles. The van der Waals surface area contributed by atoms with Crippen molar-refractivity contribution < 1.29 is 34.1 Å². The fraction of sp³-hybridized carbons (Fsp3) is 0.714. The van der Waals surface area contributed by atoms with Gasteiger partial charge in [-0.3, -0.25) is 29.2 Å². The average Bonchev–Trinajstić information content (AvgIpc) is 3.13. The first-order valence-corrected chi connectivity index (χ1v) is 20.7. The zero-order valence-electron chi connectivity index (χ0n) is 37.5. The molecule has 4 amide bonds. The van der Waals surface area contributed by atoms with Gasteiger partial charge in [0.25, 0.3) is 5.91 Å². The Kier molecular flexibility index (Phi) is 21.2. The lowest BCUT2D eigenvalue weighted by atomic mass is 9.65. The fourth-order valence-electron chi connectivity index (χ4n) is 7.33. The van der Waals surface area contributed by atoms with Crippen molar-refractivity contribution in [1.29, 1.82) is 0 Å². The molecule has 4 unspecified atom stereocenters. The molecule has 0 aliphatic carbocycles. The molecule has 4 atom stereocenters. The minimum absolute atomic E-state index is 0.0563. The maximum atomic E-state index is 13.9. The second-order valence-electron chi connectivity index (χ2n) is 17.7. The molecule has 1 aromatic carbocycles. The number of aromatic hydroxyl groups is 1. The van der Waals surface area contributed by atoms with Crippen molar-refractivity contribution in [1.82, 2.24) is 21.3 Å². The number of phenols is 1. The van der Waals surface area contributed by atoms with Gasteiger partial charge in [0.2, 0.25) is 17.7 Å². The van der Waals surface area contributed by atoms with Crippen molar-refractivity contribution in [3.8, 4) is 5.75 Å². The van der Waals surface area contributed by atoms with Crippen LogP contribution in [0.15, 0.2) is 22.1 Å². The summed E-state index contributed by atoms with van der Waals surface area (Å²) in [4.78, 5) is 62.0. The van der Waals surface area contributed by atoms with Crippen LogP contribution in [0.25, 0.3) is 0 Å². The van der Waals surface area contributed by atoms with E-state index in [0.29, 0.717) is 36.5 Å². The van der Waals surface area contributed by atoms with Crippen molar-refractivity contribution in [2.75, 3.05) is 32.8 Å². The summed E-state index contributed by atoms with van der Waals surface area (Å²) in [5, 5.41) is 32.3. The summed E-state index contributed by atoms with van der Waals surface area (Å²) < 4.78 is 5.68. The van der Waals surface area contributed by atoms with Crippen molar-refractivity contribution in [3.63, 3.8) is 0 Å². The molecule has 0 spiro atoms. The van der Waals surface area contributed by atoms with Gasteiger partial charge in [0.05, 0.1) is 19.7 Å². The first-order chi connectivity index (χ1) is 27.3. The van der Waals surface area contributed by atoms with E-state index in [2.05, 4.69) is 65.9 Å². The number of aliphatic hydroxyl groups is 1. The molecule has 1 aromatic rings. The van der Waals surface area contributed by atoms with Crippen LogP contribution in [0.3, 0.4) is 0 Å². The summed E-state index contributed by atoms with van der Waals surface area (Å²) in [5.41, 5.74) is 22.3. The normalized spacial score (nSPS) is 14.1. The van der Waals surface area contributed by atoms with E-state index in [0.717, 1.165) is 12.8 Å². The minimum Gasteiger partial charge on any atom is -0.507 e. The largest absolute Gasteiger partial charge is 0.507 e. The standard InChI is InChI=1S/C42H76N10O7/c1-12-42(13-2,25(3)4)26(5)24-59-33(54)23-49-32(53)22-50-36(57)30(16-14-18-47-38(43)44)52-37(58)31(17-15-19-48-39(45)46)51-35(56)27-20-28(40(6,7)8)34(55)29(21-27)41(9,10)11/h20-21,25-26,30-31,33,54-55H,12-19,22-24H2,1-11H3,(H,49,53)(H,50,57)(H,51,56)(H,52,58)(H4,43,44,47)(H4,45,46,48). The van der Waals surface area contributed by atoms with Crippen LogP contribution in [0.5, 0.6) is 5.75 Å². The van der Waals surface area contributed by atoms with Crippen molar-refractivity contribution in [2.45, 2.75) is 144 Å². The SMILES string of the molecule is CCC(CC)(C(C)C)C(C)COC(O)CNC(=O)CNC(=O)C(CCCN=C(N)N)NC(=O)C(CCCN=C(N)N)NC(=O)c1cc(C(C)(C)C)c(O)c(C(C)(C)C)c1. The molecular formula is C42H76N10O7. The van der Waals surface area contributed by atoms with E-state index < -0.39 is 59.4 Å². The van der Waals surface area contributed by atoms with Crippen molar-refractivity contribution >= 4 is 35.5 Å². The summed E-state index contributed by atoms with van der Waals surface area (Å²) in [6.45, 7) is 22.4. The van der Waals surface area contributed by atoms with E-state index in [1.807, 2.05) is 41.5 Å². The highest BCUT2D eigenvalue weighted by molar-refractivity contribution is 5.99. The highest BCUT2D eigenvalue weighted by atomic mass is 16.6. The zero-order chi connectivity index (χ0) is 45.3. The molecule has 0 fully saturated rings. The molecule has 0 radical (unpaired) electrons. The Bertz CT molecular complexity index is 1550. The predicted molar refractivity (Wildman–Crippen MR) is 234 cm³/mol. The lowest BCUT2D eigenvalue weighted by Gasteiger charge is -2.42. The average molecular weight is 833 g/mol. The van der Waals surface area contributed by atoms with Crippen LogP contribution in [0.4, 0.5) is 0 Å². The van der Waals surface area contributed by atoms with Gasteiger partial charge in [-0.1, -0.05) is 76.2 Å². The van der Waals surface area contributed by atoms with E-state index in [1.165, 1.54) is 0 Å². The van der Waals surface area contributed by atoms with Gasteiger partial charge >= 0.3 is 0 Å². The molecule has 59 heavy (non-hydrogen) atoms. The molecule has 0 bridgehead atoms. The van der Waals surface area contributed by atoms with Crippen LogP contribution in [0.2, 0.25) is 0 Å². The number of amides is 4. The summed E-state index contributed by atoms with van der Waals surface area (Å²) in [6, 6.07) is 0.939. The molecule has 0 saturated carbocycles. The van der Waals surface area contributed by atoms with Crippen LogP contribution in [0, 0.1) is 17.3 Å². The fourth-order valence-corrected chi connectivity index (χ4v) is 7.33. The molecule has 0 aromatic heterocycles. The molecule has 0 aliphatic heterocycles. The van der Waals surface area contributed by atoms with E-state index in [9.17, 15) is 29.4 Å². The third-order valence-electron chi connectivity index (χ3n) is 11.0. The Morgan fingerprint density at radius 1 is 0.763 bits per heavy atom. The number of nitrogens with zero attached hydrogens (tertiary/aromatic N) is 2. The molecule has 14 N–H and O–H groups in total. The number of aliphatic hydroxyl groups excluding tert-OH is 1. The number of aliphatic imine (C=N–C) groups is 2. The molecule has 1 rings (SSSR count). The predicted octanol–water partition coefficient (Wildman–Crippen LogP) is 2.34. The van der Waals surface area contributed by atoms with Crippen molar-refractivity contribution in [3.05, 3.63) is 28.8 Å². The van der Waals surface area contributed by atoms with Crippen molar-refractivity contribution in [2.24, 2.45) is 50.2 Å². The second kappa shape index (κ2) is 23.8. The van der Waals surface area contributed by atoms with Gasteiger partial charge in [0.15, 0.2) is 18.2 Å². The number of phenolic OH excluding ortho intramolecular Hbond substituents is 1. The first-order valence-electron chi connectivity index (χ1n) is 20.7. The topological polar surface area (TPSA) is 295 Å². The summed E-state index contributed by atoms with van der Waals surface area (Å²) in [5.74, 6) is -2.05. The Hall–Kier alpha value is -4.64. The maximum Gasteiger partial charge on any atom is 0.251 e. The summed E-state index contributed by atoms with van der Waals surface area (Å²) in [7, 11) is 0. The monoisotopic (exact) mass is 833 g/mol. The van der Waals surface area contributed by atoms with E-state index >= 15 is 0 Å². The van der Waals surface area contributed by atoms with Gasteiger partial charge < -0.3 is 59.2 Å². The van der Waals surface area contributed by atoms with Gasteiger partial charge in [0.1, 0.15) is 17.8 Å². The molecular weight excluding hydrogens is 757 g/mol. The molecule has 0 heterocycles. The van der Waals surface area contributed by atoms with E-state index in [4.69, 9.17) is 27.7 Å². The number of benzene rings is 1. The van der Waals surface area contributed by atoms with E-state index in [1.54, 1.807) is 12.1 Å². The highest BCUT2D eigenvalue weighted by Crippen LogP contribution is 2.43. The molecule has 336 valence electrons. The zero-order valence-corrected chi connectivity index (χ0v) is 37.5. The number of hydrogen-bond donors (Lipinski definition) is 10. The van der Waals surface area contributed by atoms with Crippen LogP contribution in [-0.2, 0) is 30.0 Å². The number of hydrogen-bond acceptors (Lipinski definition) is 9. The Labute approximate surface area is 351 Å². The quantitative estimate of drug-likeness (QED) is 0.0312. The number of nitrogens with two attached hydrogens (primary N) is 4. The summed E-state index contributed by atoms with van der Waals surface area (Å²) in [6.07, 6.45) is 1.48. The number of nitrogens with one attached hydrogen (secondary N) is 4. The minimum atomic E-state index is -1.25. The van der Waals surface area contributed by atoms with Crippen LogP contribution < -0.4 is 44.2 Å². The number of carbonyl (C=O) groups is 4. The molecule has 17 nitrogen and oxygen atoms in total. The first kappa shape index (κ1) is 52.4. The molecule has 0 aliphatic rings. The number of guanidine groups is 2. The molecule has 17 heteroatoms. The Morgan fingerprint density at radius 3 is 1.66 bits per heavy atom. The second-order valence-corrected chi connectivity index (χ2v) is 17.7. The van der Waals surface area contributed by atoms with E-state index in [-0.39, 0.29) is 67.0 Å². The van der Waals surface area contributed by atoms with Gasteiger partial charge in [-0.25, -0.2) is 0 Å². The van der Waals surface area contributed by atoms with Crippen LogP contribution >= 0.6 is 0 Å². The van der Waals surface area contributed by atoms with Crippen LogP contribution in [0.1, 0.15) is 136 Å². The Balaban J connectivity index is 3.21. The number of rotatable bonds is 24. The number of carbonyl (C=O) groups excluding carboxylic acids is 4. The number of ether oxygens (including phenoxy) is 1. The third-order valence-corrected chi connectivity index (χ3v) is 11.0. The van der Waals surface area contributed by atoms with Crippen LogP contribution in [-0.4, -0.2) is 96.9 Å². The van der Waals surface area contributed by atoms with Gasteiger partial charge in [-0.05, 0) is 78.7 Å². The van der Waals surface area contributed by atoms with Gasteiger partial charge in [-0.15, -0.1) is 0 Å². The third kappa shape index (κ3) is 17.2. The Morgan fingerprint density at radius 2 is 1.24 bits per heavy atom. The highest BCUT2D eigenvalue weighted by Gasteiger charge is 2.36. The van der Waals surface area contributed by atoms with Gasteiger partial charge in [0, 0.05) is 29.8 Å². The maximum absolute atomic E-state index is 13.9.